The second-order valence-corrected chi connectivity index (χ2v) is 6.66. The molecule has 1 aromatic carbocycles. The zero-order valence-electron chi connectivity index (χ0n) is 13.6. The molecule has 1 unspecified atom stereocenters. The smallest absolute Gasteiger partial charge is 0.305 e. The largest absolute Gasteiger partial charge is 0.490 e. The first-order valence-electron chi connectivity index (χ1n) is 8.45. The van der Waals surface area contributed by atoms with Gasteiger partial charge in [0, 0.05) is 12.2 Å². The second kappa shape index (κ2) is 7.21. The normalized spacial score (nSPS) is 24.0. The maximum absolute atomic E-state index is 12.6. The van der Waals surface area contributed by atoms with E-state index < -0.39 is 11.5 Å². The average Bonchev–Trinajstić information content (AvgIpc) is 3.19. The van der Waals surface area contributed by atoms with Gasteiger partial charge < -0.3 is 19.9 Å². The fourth-order valence-electron chi connectivity index (χ4n) is 3.40. The van der Waals surface area contributed by atoms with Crippen LogP contribution in [-0.4, -0.2) is 41.8 Å². The number of aliphatic carboxylic acids is 1. The van der Waals surface area contributed by atoms with Crippen molar-refractivity contribution in [2.45, 2.75) is 50.2 Å². The maximum Gasteiger partial charge on any atom is 0.305 e. The molecule has 24 heavy (non-hydrogen) atoms. The van der Waals surface area contributed by atoms with E-state index in [0.717, 1.165) is 12.8 Å². The summed E-state index contributed by atoms with van der Waals surface area (Å²) in [6, 6.07) is 7.06. The molecule has 0 bridgehead atoms. The fraction of sp³-hybridized carbons (Fsp3) is 0.556. The summed E-state index contributed by atoms with van der Waals surface area (Å²) in [7, 11) is 0. The number of nitrogens with one attached hydrogen (secondary N) is 1. The van der Waals surface area contributed by atoms with E-state index >= 15 is 0 Å². The molecule has 0 spiro atoms. The van der Waals surface area contributed by atoms with Gasteiger partial charge in [-0.15, -0.1) is 0 Å². The minimum absolute atomic E-state index is 0.142. The Morgan fingerprint density at radius 3 is 2.79 bits per heavy atom. The Kier molecular flexibility index (Phi) is 5.04. The van der Waals surface area contributed by atoms with E-state index in [1.807, 2.05) is 6.07 Å². The summed E-state index contributed by atoms with van der Waals surface area (Å²) >= 11 is 0. The number of carboxylic acid groups (broad SMARTS) is 1. The van der Waals surface area contributed by atoms with Crippen molar-refractivity contribution in [1.29, 1.82) is 0 Å². The molecule has 2 aliphatic rings. The van der Waals surface area contributed by atoms with Crippen LogP contribution in [0.2, 0.25) is 0 Å². The van der Waals surface area contributed by atoms with Crippen molar-refractivity contribution in [3.8, 4) is 5.75 Å². The average molecular weight is 333 g/mol. The summed E-state index contributed by atoms with van der Waals surface area (Å²) in [6.45, 7) is 0.682. The Labute approximate surface area is 141 Å². The van der Waals surface area contributed by atoms with E-state index in [4.69, 9.17) is 14.6 Å². The molecule has 1 saturated heterocycles. The SMILES string of the molecule is O=C(O)CC1(NC(=O)c2cccc(OC3CCCC3)c2)CCOC1. The van der Waals surface area contributed by atoms with Crippen LogP contribution in [0, 0.1) is 0 Å². The van der Waals surface area contributed by atoms with Gasteiger partial charge in [0.2, 0.25) is 0 Å². The van der Waals surface area contributed by atoms with E-state index in [0.29, 0.717) is 24.3 Å². The van der Waals surface area contributed by atoms with Gasteiger partial charge >= 0.3 is 5.97 Å². The number of hydrogen-bond acceptors (Lipinski definition) is 4. The van der Waals surface area contributed by atoms with E-state index in [1.165, 1.54) is 12.8 Å². The topological polar surface area (TPSA) is 84.9 Å². The van der Waals surface area contributed by atoms with Crippen LogP contribution in [0.3, 0.4) is 0 Å². The van der Waals surface area contributed by atoms with Crippen LogP contribution in [0.15, 0.2) is 24.3 Å². The van der Waals surface area contributed by atoms with Gasteiger partial charge in [0.1, 0.15) is 5.75 Å². The van der Waals surface area contributed by atoms with Gasteiger partial charge in [0.15, 0.2) is 0 Å². The molecule has 6 nitrogen and oxygen atoms in total. The predicted molar refractivity (Wildman–Crippen MR) is 87.2 cm³/mol. The van der Waals surface area contributed by atoms with Gasteiger partial charge in [0.05, 0.1) is 24.7 Å². The Bertz CT molecular complexity index is 603. The third kappa shape index (κ3) is 4.06. The first kappa shape index (κ1) is 16.8. The first-order valence-corrected chi connectivity index (χ1v) is 8.45. The number of ether oxygens (including phenoxy) is 2. The fourth-order valence-corrected chi connectivity index (χ4v) is 3.40. The van der Waals surface area contributed by atoms with Crippen LogP contribution < -0.4 is 10.1 Å². The van der Waals surface area contributed by atoms with Gasteiger partial charge in [-0.05, 0) is 50.3 Å². The van der Waals surface area contributed by atoms with Gasteiger partial charge in [0.25, 0.3) is 5.91 Å². The lowest BCUT2D eigenvalue weighted by atomic mass is 9.93. The van der Waals surface area contributed by atoms with Crippen molar-refractivity contribution in [2.75, 3.05) is 13.2 Å². The molecule has 1 aliphatic carbocycles. The molecule has 2 N–H and O–H groups in total. The number of carboxylic acids is 1. The Morgan fingerprint density at radius 1 is 1.33 bits per heavy atom. The van der Waals surface area contributed by atoms with Gasteiger partial charge in [-0.2, -0.15) is 0 Å². The number of benzene rings is 1. The number of carbonyl (C=O) groups excluding carboxylic acids is 1. The summed E-state index contributed by atoms with van der Waals surface area (Å²) in [6.07, 6.45) is 5.06. The third-order valence-corrected chi connectivity index (χ3v) is 4.67. The second-order valence-electron chi connectivity index (χ2n) is 6.66. The minimum atomic E-state index is -0.945. The van der Waals surface area contributed by atoms with Crippen molar-refractivity contribution in [1.82, 2.24) is 5.32 Å². The Hall–Kier alpha value is -2.08. The summed E-state index contributed by atoms with van der Waals surface area (Å²) in [5.41, 5.74) is -0.354. The molecule has 1 aliphatic heterocycles. The molecule has 1 aromatic rings. The number of carbonyl (C=O) groups is 2. The lowest BCUT2D eigenvalue weighted by Gasteiger charge is -2.27. The van der Waals surface area contributed by atoms with Crippen LogP contribution in [-0.2, 0) is 9.53 Å². The summed E-state index contributed by atoms with van der Waals surface area (Å²) in [4.78, 5) is 23.7. The molecule has 1 saturated carbocycles. The monoisotopic (exact) mass is 333 g/mol. The van der Waals surface area contributed by atoms with Gasteiger partial charge in [-0.1, -0.05) is 6.07 Å². The lowest BCUT2D eigenvalue weighted by molar-refractivity contribution is -0.138. The molecule has 0 aromatic heterocycles. The standard InChI is InChI=1S/C18H23NO5/c20-16(21)11-18(8-9-23-12-18)19-17(22)13-4-3-7-15(10-13)24-14-5-1-2-6-14/h3-4,7,10,14H,1-2,5-6,8-9,11-12H2,(H,19,22)(H,20,21). The zero-order chi connectivity index (χ0) is 17.0. The Morgan fingerprint density at radius 2 is 2.12 bits per heavy atom. The van der Waals surface area contributed by atoms with Crippen molar-refractivity contribution in [3.05, 3.63) is 29.8 Å². The molecule has 2 fully saturated rings. The predicted octanol–water partition coefficient (Wildman–Crippen LogP) is 2.37. The van der Waals surface area contributed by atoms with Crippen molar-refractivity contribution in [3.63, 3.8) is 0 Å². The van der Waals surface area contributed by atoms with E-state index in [1.54, 1.807) is 18.2 Å². The molecule has 130 valence electrons. The molecular formula is C18H23NO5. The van der Waals surface area contributed by atoms with Crippen LogP contribution in [0.1, 0.15) is 48.9 Å². The first-order chi connectivity index (χ1) is 11.6. The highest BCUT2D eigenvalue weighted by molar-refractivity contribution is 5.95. The molecule has 3 rings (SSSR count). The highest BCUT2D eigenvalue weighted by Crippen LogP contribution is 2.26. The Balaban J connectivity index is 1.68. The molecule has 1 atom stereocenters. The van der Waals surface area contributed by atoms with Gasteiger partial charge in [-0.3, -0.25) is 9.59 Å². The lowest BCUT2D eigenvalue weighted by Crippen LogP contribution is -2.50. The van der Waals surface area contributed by atoms with Crippen molar-refractivity contribution in [2.24, 2.45) is 0 Å². The van der Waals surface area contributed by atoms with E-state index in [9.17, 15) is 9.59 Å². The van der Waals surface area contributed by atoms with Crippen molar-refractivity contribution >= 4 is 11.9 Å². The molecule has 1 heterocycles. The molecule has 6 heteroatoms. The van der Waals surface area contributed by atoms with Gasteiger partial charge in [-0.25, -0.2) is 0 Å². The van der Waals surface area contributed by atoms with E-state index in [-0.39, 0.29) is 25.0 Å². The zero-order valence-corrected chi connectivity index (χ0v) is 13.6. The minimum Gasteiger partial charge on any atom is -0.490 e. The van der Waals surface area contributed by atoms with Crippen LogP contribution in [0.5, 0.6) is 5.75 Å². The molecule has 0 radical (unpaired) electrons. The summed E-state index contributed by atoms with van der Waals surface area (Å²) < 4.78 is 11.2. The summed E-state index contributed by atoms with van der Waals surface area (Å²) in [5.74, 6) is -0.553. The van der Waals surface area contributed by atoms with E-state index in [2.05, 4.69) is 5.32 Å². The highest BCUT2D eigenvalue weighted by atomic mass is 16.5. The quantitative estimate of drug-likeness (QED) is 0.835. The number of rotatable bonds is 6. The molecule has 1 amide bonds. The third-order valence-electron chi connectivity index (χ3n) is 4.67. The van der Waals surface area contributed by atoms with Crippen molar-refractivity contribution < 1.29 is 24.2 Å². The van der Waals surface area contributed by atoms with Crippen LogP contribution in [0.4, 0.5) is 0 Å². The number of hydrogen-bond donors (Lipinski definition) is 2. The number of amides is 1. The maximum atomic E-state index is 12.6. The molecular weight excluding hydrogens is 310 g/mol. The summed E-state index contributed by atoms with van der Waals surface area (Å²) in [5, 5.41) is 12.0. The van der Waals surface area contributed by atoms with Crippen LogP contribution >= 0.6 is 0 Å². The highest BCUT2D eigenvalue weighted by Gasteiger charge is 2.38. The van der Waals surface area contributed by atoms with Crippen LogP contribution in [0.25, 0.3) is 0 Å².